The highest BCUT2D eigenvalue weighted by molar-refractivity contribution is 7.14. The number of thiazole rings is 1. The highest BCUT2D eigenvalue weighted by Gasteiger charge is 2.26. The van der Waals surface area contributed by atoms with Crippen LogP contribution >= 0.6 is 11.3 Å². The molecule has 0 bridgehead atoms. The number of nitrogens with zero attached hydrogens (tertiary/aromatic N) is 3. The minimum absolute atomic E-state index is 0.0321. The van der Waals surface area contributed by atoms with Crippen molar-refractivity contribution < 1.29 is 19.6 Å². The van der Waals surface area contributed by atoms with Gasteiger partial charge in [-0.25, -0.2) is 14.8 Å². The van der Waals surface area contributed by atoms with Crippen LogP contribution in [0.3, 0.4) is 0 Å². The van der Waals surface area contributed by atoms with Gasteiger partial charge in [0.15, 0.2) is 10.8 Å². The Morgan fingerprint density at radius 3 is 2.54 bits per heavy atom. The van der Waals surface area contributed by atoms with Gasteiger partial charge in [-0.3, -0.25) is 10.1 Å². The lowest BCUT2D eigenvalue weighted by Gasteiger charge is -2.06. The number of benzene rings is 3. The van der Waals surface area contributed by atoms with Crippen molar-refractivity contribution in [2.24, 2.45) is 4.99 Å². The summed E-state index contributed by atoms with van der Waals surface area (Å²) in [5, 5.41) is 26.5. The minimum Gasteiger partial charge on any atom is -0.508 e. The summed E-state index contributed by atoms with van der Waals surface area (Å²) in [4.78, 5) is 32.2. The van der Waals surface area contributed by atoms with Gasteiger partial charge in [-0.05, 0) is 35.9 Å². The Balaban J connectivity index is 1.41. The number of carbonyl (C=O) groups excluding carboxylic acids is 1. The molecule has 1 aliphatic heterocycles. The summed E-state index contributed by atoms with van der Waals surface area (Å²) in [5.41, 5.74) is 2.71. The van der Waals surface area contributed by atoms with Crippen molar-refractivity contribution in [3.8, 4) is 17.0 Å². The molecule has 0 atom stereocenters. The van der Waals surface area contributed by atoms with Gasteiger partial charge < -0.3 is 15.2 Å². The number of hydrogen-bond donors (Lipinski definition) is 2. The van der Waals surface area contributed by atoms with Crippen LogP contribution in [0.4, 0.5) is 16.5 Å². The van der Waals surface area contributed by atoms with E-state index in [1.54, 1.807) is 18.2 Å². The summed E-state index contributed by atoms with van der Waals surface area (Å²) in [6.45, 7) is 0. The van der Waals surface area contributed by atoms with E-state index < -0.39 is 10.9 Å². The summed E-state index contributed by atoms with van der Waals surface area (Å²) in [5.74, 6) is -0.607. The number of aromatic nitrogens is 1. The van der Waals surface area contributed by atoms with Crippen molar-refractivity contribution in [1.29, 1.82) is 0 Å². The predicted molar refractivity (Wildman–Crippen MR) is 133 cm³/mol. The summed E-state index contributed by atoms with van der Waals surface area (Å²) in [6.07, 6.45) is 1.51. The first-order chi connectivity index (χ1) is 17.0. The maximum absolute atomic E-state index is 12.3. The van der Waals surface area contributed by atoms with Crippen molar-refractivity contribution in [1.82, 2.24) is 4.98 Å². The molecule has 0 unspecified atom stereocenters. The molecule has 1 aliphatic rings. The summed E-state index contributed by atoms with van der Waals surface area (Å²) in [7, 11) is 0. The van der Waals surface area contributed by atoms with E-state index in [1.165, 1.54) is 41.7 Å². The number of esters is 1. The van der Waals surface area contributed by atoms with Crippen LogP contribution in [0.1, 0.15) is 11.1 Å². The average Bonchev–Trinajstić information content (AvgIpc) is 3.48. The van der Waals surface area contributed by atoms with Crippen LogP contribution in [-0.4, -0.2) is 26.9 Å². The topological polar surface area (TPSA) is 127 Å². The first-order valence-electron chi connectivity index (χ1n) is 10.3. The van der Waals surface area contributed by atoms with Crippen LogP contribution in [-0.2, 0) is 9.53 Å². The standard InChI is InChI=1S/C25H16N4O5S/c30-18-9-6-15(7-10-18)12-20-24(31)34-23(26-20)17-8-11-19(22(13-17)29(32)33)27-25-28-21(14-35-25)16-4-2-1-3-5-16/h1-14,30H,(H,27,28)/b20-12+. The number of phenols is 1. The molecule has 5 rings (SSSR count). The van der Waals surface area contributed by atoms with E-state index in [0.717, 1.165) is 11.3 Å². The maximum Gasteiger partial charge on any atom is 0.363 e. The smallest absolute Gasteiger partial charge is 0.363 e. The molecule has 1 aromatic heterocycles. The second kappa shape index (κ2) is 9.20. The number of aromatic hydroxyl groups is 1. The van der Waals surface area contributed by atoms with Crippen molar-refractivity contribution >= 4 is 45.8 Å². The Bertz CT molecular complexity index is 1490. The van der Waals surface area contributed by atoms with Gasteiger partial charge in [-0.15, -0.1) is 11.3 Å². The summed E-state index contributed by atoms with van der Waals surface area (Å²) in [6, 6.07) is 20.2. The highest BCUT2D eigenvalue weighted by Crippen LogP contribution is 2.33. The van der Waals surface area contributed by atoms with Crippen molar-refractivity contribution in [3.05, 3.63) is 105 Å². The lowest BCUT2D eigenvalue weighted by molar-refractivity contribution is -0.383. The third-order valence-electron chi connectivity index (χ3n) is 5.07. The predicted octanol–water partition coefficient (Wildman–Crippen LogP) is 5.51. The van der Waals surface area contributed by atoms with E-state index in [-0.39, 0.29) is 34.3 Å². The van der Waals surface area contributed by atoms with Crippen LogP contribution in [0, 0.1) is 10.1 Å². The first kappa shape index (κ1) is 22.0. The minimum atomic E-state index is -0.672. The molecule has 3 aromatic carbocycles. The van der Waals surface area contributed by atoms with Gasteiger partial charge in [0, 0.05) is 22.6 Å². The third kappa shape index (κ3) is 4.77. The van der Waals surface area contributed by atoms with E-state index in [2.05, 4.69) is 15.3 Å². The van der Waals surface area contributed by atoms with E-state index in [9.17, 15) is 20.0 Å². The fourth-order valence-electron chi connectivity index (χ4n) is 3.37. The second-order valence-corrected chi connectivity index (χ2v) is 8.30. The Labute approximate surface area is 202 Å². The SMILES string of the molecule is O=C1OC(c2ccc(Nc3nc(-c4ccccc4)cs3)c([N+](=O)[O-])c2)=N/C1=C/c1ccc(O)cc1. The fraction of sp³-hybridized carbons (Fsp3) is 0. The monoisotopic (exact) mass is 484 g/mol. The highest BCUT2D eigenvalue weighted by atomic mass is 32.1. The molecule has 35 heavy (non-hydrogen) atoms. The number of cyclic esters (lactones) is 1. The number of nitro benzene ring substituents is 1. The normalized spacial score (nSPS) is 14.0. The van der Waals surface area contributed by atoms with E-state index in [4.69, 9.17) is 4.74 Å². The zero-order chi connectivity index (χ0) is 24.4. The number of anilines is 2. The zero-order valence-electron chi connectivity index (χ0n) is 17.9. The third-order valence-corrected chi connectivity index (χ3v) is 5.83. The lowest BCUT2D eigenvalue weighted by Crippen LogP contribution is -2.06. The molecule has 0 saturated heterocycles. The number of hydrogen-bond acceptors (Lipinski definition) is 9. The van der Waals surface area contributed by atoms with Crippen molar-refractivity contribution in [2.45, 2.75) is 0 Å². The molecule has 0 amide bonds. The van der Waals surface area contributed by atoms with Crippen LogP contribution < -0.4 is 5.32 Å². The Morgan fingerprint density at radius 2 is 1.80 bits per heavy atom. The number of phenolic OH excluding ortho intramolecular Hbond substituents is 1. The van der Waals surface area contributed by atoms with Gasteiger partial charge in [0.1, 0.15) is 11.4 Å². The lowest BCUT2D eigenvalue weighted by atomic mass is 10.1. The van der Waals surface area contributed by atoms with Crippen LogP contribution in [0.5, 0.6) is 5.75 Å². The molecule has 4 aromatic rings. The van der Waals surface area contributed by atoms with E-state index >= 15 is 0 Å². The first-order valence-corrected chi connectivity index (χ1v) is 11.2. The second-order valence-electron chi connectivity index (χ2n) is 7.45. The van der Waals surface area contributed by atoms with Gasteiger partial charge in [0.2, 0.25) is 5.90 Å². The average molecular weight is 484 g/mol. The van der Waals surface area contributed by atoms with Crippen molar-refractivity contribution in [3.63, 3.8) is 0 Å². The van der Waals surface area contributed by atoms with Gasteiger partial charge >= 0.3 is 5.97 Å². The maximum atomic E-state index is 12.3. The van der Waals surface area contributed by atoms with Crippen LogP contribution in [0.2, 0.25) is 0 Å². The zero-order valence-corrected chi connectivity index (χ0v) is 18.7. The molecular weight excluding hydrogens is 468 g/mol. The van der Waals surface area contributed by atoms with Crippen molar-refractivity contribution in [2.75, 3.05) is 5.32 Å². The number of ether oxygens (including phenoxy) is 1. The summed E-state index contributed by atoms with van der Waals surface area (Å²) < 4.78 is 5.24. The molecule has 2 N–H and O–H groups in total. The fourth-order valence-corrected chi connectivity index (χ4v) is 4.10. The molecule has 0 saturated carbocycles. The Hall–Kier alpha value is -4.83. The molecule has 2 heterocycles. The van der Waals surface area contributed by atoms with Gasteiger partial charge in [-0.1, -0.05) is 42.5 Å². The molecular formula is C25H16N4O5S. The summed E-state index contributed by atoms with van der Waals surface area (Å²) >= 11 is 1.33. The van der Waals surface area contributed by atoms with Gasteiger partial charge in [-0.2, -0.15) is 0 Å². The number of nitrogens with one attached hydrogen (secondary N) is 1. The number of aliphatic imine (C=N–C) groups is 1. The molecule has 0 aliphatic carbocycles. The quantitative estimate of drug-likeness (QED) is 0.160. The Morgan fingerprint density at radius 1 is 1.03 bits per heavy atom. The molecule has 0 radical (unpaired) electrons. The molecule has 9 nitrogen and oxygen atoms in total. The van der Waals surface area contributed by atoms with Gasteiger partial charge in [0.25, 0.3) is 5.69 Å². The van der Waals surface area contributed by atoms with Crippen LogP contribution in [0.25, 0.3) is 17.3 Å². The van der Waals surface area contributed by atoms with E-state index in [1.807, 2.05) is 35.7 Å². The van der Waals surface area contributed by atoms with Crippen LogP contribution in [0.15, 0.2) is 88.9 Å². The molecule has 10 heteroatoms. The van der Waals surface area contributed by atoms with E-state index in [0.29, 0.717) is 10.7 Å². The largest absolute Gasteiger partial charge is 0.508 e. The Kier molecular flexibility index (Phi) is 5.78. The molecule has 0 spiro atoms. The number of carbonyl (C=O) groups is 1. The van der Waals surface area contributed by atoms with Gasteiger partial charge in [0.05, 0.1) is 10.6 Å². The number of rotatable bonds is 6. The number of nitro groups is 1. The molecule has 0 fully saturated rings. The molecule has 172 valence electrons.